The fourth-order valence-electron chi connectivity index (χ4n) is 4.12. The summed E-state index contributed by atoms with van der Waals surface area (Å²) in [6.07, 6.45) is 6.13. The number of rotatable bonds is 6. The first-order chi connectivity index (χ1) is 14.2. The summed E-state index contributed by atoms with van der Waals surface area (Å²) >= 11 is 0. The number of amides is 1. The zero-order valence-electron chi connectivity index (χ0n) is 17.0. The average Bonchev–Trinajstić information content (AvgIpc) is 3.22. The molecule has 0 bridgehead atoms. The zero-order valence-corrected chi connectivity index (χ0v) is 17.0. The van der Waals surface area contributed by atoms with Crippen LogP contribution in [0.1, 0.15) is 36.0 Å². The Morgan fingerprint density at radius 2 is 1.79 bits per heavy atom. The van der Waals surface area contributed by atoms with Gasteiger partial charge in [-0.15, -0.1) is 0 Å². The molecule has 0 unspecified atom stereocenters. The van der Waals surface area contributed by atoms with E-state index in [1.807, 2.05) is 4.90 Å². The maximum absolute atomic E-state index is 12.7. The standard InChI is InChI=1S/C25H28N2O2/c1-19-7-9-22(10-8-19)25-23(18-29-26-25)11-12-24(28)27-15-13-21(14-16-27)17-20-5-3-2-4-6-20/h2-10,18,21H,11-17H2,1H3. The SMILES string of the molecule is Cc1ccc(-c2nocc2CCC(=O)N2CCC(Cc3ccccc3)CC2)cc1. The molecule has 0 atom stereocenters. The van der Waals surface area contributed by atoms with E-state index in [4.69, 9.17) is 4.52 Å². The van der Waals surface area contributed by atoms with E-state index in [1.54, 1.807) is 6.26 Å². The molecule has 1 aliphatic heterocycles. The van der Waals surface area contributed by atoms with Crippen LogP contribution in [-0.2, 0) is 17.6 Å². The Bertz CT molecular complexity index is 923. The van der Waals surface area contributed by atoms with Crippen LogP contribution in [0.5, 0.6) is 0 Å². The van der Waals surface area contributed by atoms with E-state index in [0.29, 0.717) is 18.8 Å². The molecule has 0 N–H and O–H groups in total. The molecule has 1 amide bonds. The Labute approximate surface area is 172 Å². The number of aryl methyl sites for hydroxylation is 2. The van der Waals surface area contributed by atoms with Crippen molar-refractivity contribution in [2.45, 2.75) is 39.0 Å². The highest BCUT2D eigenvalue weighted by atomic mass is 16.5. The predicted molar refractivity (Wildman–Crippen MR) is 114 cm³/mol. The largest absolute Gasteiger partial charge is 0.364 e. The number of hydrogen-bond donors (Lipinski definition) is 0. The van der Waals surface area contributed by atoms with Crippen LogP contribution >= 0.6 is 0 Å². The molecule has 4 nitrogen and oxygen atoms in total. The van der Waals surface area contributed by atoms with Crippen LogP contribution in [0.3, 0.4) is 0 Å². The number of likely N-dealkylation sites (tertiary alicyclic amines) is 1. The summed E-state index contributed by atoms with van der Waals surface area (Å²) in [5.74, 6) is 0.909. The van der Waals surface area contributed by atoms with Crippen LogP contribution in [0, 0.1) is 12.8 Å². The molecule has 150 valence electrons. The van der Waals surface area contributed by atoms with Crippen molar-refractivity contribution in [3.8, 4) is 11.3 Å². The molecule has 1 aliphatic rings. The van der Waals surface area contributed by atoms with Crippen LogP contribution in [0.15, 0.2) is 65.4 Å². The van der Waals surface area contributed by atoms with Crippen LogP contribution < -0.4 is 0 Å². The summed E-state index contributed by atoms with van der Waals surface area (Å²) in [6, 6.07) is 18.9. The van der Waals surface area contributed by atoms with Gasteiger partial charge in [0.1, 0.15) is 12.0 Å². The van der Waals surface area contributed by atoms with E-state index < -0.39 is 0 Å². The third-order valence-electron chi connectivity index (χ3n) is 5.91. The maximum atomic E-state index is 12.7. The minimum Gasteiger partial charge on any atom is -0.364 e. The van der Waals surface area contributed by atoms with Gasteiger partial charge in [-0.05, 0) is 44.1 Å². The van der Waals surface area contributed by atoms with Gasteiger partial charge >= 0.3 is 0 Å². The molecule has 0 radical (unpaired) electrons. The molecule has 4 heteroatoms. The first-order valence-electron chi connectivity index (χ1n) is 10.5. The molecule has 0 saturated carbocycles. The van der Waals surface area contributed by atoms with Gasteiger partial charge < -0.3 is 9.42 Å². The first kappa shape index (κ1) is 19.4. The van der Waals surface area contributed by atoms with Gasteiger partial charge in [-0.1, -0.05) is 65.3 Å². The maximum Gasteiger partial charge on any atom is 0.222 e. The lowest BCUT2D eigenvalue weighted by molar-refractivity contribution is -0.132. The molecule has 2 aromatic carbocycles. The van der Waals surface area contributed by atoms with Crippen LogP contribution in [0.2, 0.25) is 0 Å². The molecule has 1 aromatic heterocycles. The first-order valence-corrected chi connectivity index (χ1v) is 10.5. The van der Waals surface area contributed by atoms with Gasteiger partial charge in [0.15, 0.2) is 0 Å². The lowest BCUT2D eigenvalue weighted by atomic mass is 9.90. The van der Waals surface area contributed by atoms with Crippen molar-refractivity contribution in [1.29, 1.82) is 0 Å². The number of carbonyl (C=O) groups excluding carboxylic acids is 1. The van der Waals surface area contributed by atoms with Gasteiger partial charge in [-0.3, -0.25) is 4.79 Å². The number of benzene rings is 2. The quantitative estimate of drug-likeness (QED) is 0.593. The van der Waals surface area contributed by atoms with Crippen molar-refractivity contribution in [1.82, 2.24) is 10.1 Å². The van der Waals surface area contributed by atoms with Crippen molar-refractivity contribution in [2.24, 2.45) is 5.92 Å². The number of nitrogens with zero attached hydrogens (tertiary/aromatic N) is 2. The third-order valence-corrected chi connectivity index (χ3v) is 5.91. The second kappa shape index (κ2) is 9.08. The number of piperidine rings is 1. The van der Waals surface area contributed by atoms with Crippen molar-refractivity contribution in [2.75, 3.05) is 13.1 Å². The van der Waals surface area contributed by atoms with Gasteiger partial charge in [-0.25, -0.2) is 0 Å². The summed E-state index contributed by atoms with van der Waals surface area (Å²) in [6.45, 7) is 3.80. The molecular weight excluding hydrogens is 360 g/mol. The van der Waals surface area contributed by atoms with E-state index in [0.717, 1.165) is 49.2 Å². The normalized spacial score (nSPS) is 14.9. The molecule has 2 heterocycles. The van der Waals surface area contributed by atoms with Crippen molar-refractivity contribution in [3.63, 3.8) is 0 Å². The fourth-order valence-corrected chi connectivity index (χ4v) is 4.12. The average molecular weight is 389 g/mol. The molecule has 1 fully saturated rings. The second-order valence-electron chi connectivity index (χ2n) is 8.07. The van der Waals surface area contributed by atoms with Crippen molar-refractivity contribution >= 4 is 5.91 Å². The summed E-state index contributed by atoms with van der Waals surface area (Å²) in [7, 11) is 0. The second-order valence-corrected chi connectivity index (χ2v) is 8.07. The highest BCUT2D eigenvalue weighted by Crippen LogP contribution is 2.25. The zero-order chi connectivity index (χ0) is 20.1. The van der Waals surface area contributed by atoms with Crippen molar-refractivity contribution in [3.05, 3.63) is 77.6 Å². The Balaban J connectivity index is 1.28. The van der Waals surface area contributed by atoms with Gasteiger partial charge in [0.05, 0.1) is 0 Å². The van der Waals surface area contributed by atoms with Gasteiger partial charge in [-0.2, -0.15) is 0 Å². The van der Waals surface area contributed by atoms with E-state index in [2.05, 4.69) is 66.7 Å². The molecular formula is C25H28N2O2. The molecule has 3 aromatic rings. The van der Waals surface area contributed by atoms with Crippen LogP contribution in [0.25, 0.3) is 11.3 Å². The number of carbonyl (C=O) groups is 1. The summed E-state index contributed by atoms with van der Waals surface area (Å²) in [5, 5.41) is 4.16. The van der Waals surface area contributed by atoms with E-state index >= 15 is 0 Å². The molecule has 0 aliphatic carbocycles. The predicted octanol–water partition coefficient (Wildman–Crippen LogP) is 5.06. The molecule has 0 spiro atoms. The Morgan fingerprint density at radius 3 is 2.52 bits per heavy atom. The number of aromatic nitrogens is 1. The highest BCUT2D eigenvalue weighted by molar-refractivity contribution is 5.77. The van der Waals surface area contributed by atoms with Crippen LogP contribution in [-0.4, -0.2) is 29.1 Å². The smallest absolute Gasteiger partial charge is 0.222 e. The van der Waals surface area contributed by atoms with E-state index in [-0.39, 0.29) is 5.91 Å². The van der Waals surface area contributed by atoms with Crippen molar-refractivity contribution < 1.29 is 9.32 Å². The molecule has 4 rings (SSSR count). The Kier molecular flexibility index (Phi) is 6.09. The van der Waals surface area contributed by atoms with E-state index in [1.165, 1.54) is 11.1 Å². The summed E-state index contributed by atoms with van der Waals surface area (Å²) in [4.78, 5) is 14.8. The molecule has 29 heavy (non-hydrogen) atoms. The summed E-state index contributed by atoms with van der Waals surface area (Å²) < 4.78 is 5.20. The summed E-state index contributed by atoms with van der Waals surface area (Å²) in [5.41, 5.74) is 5.49. The topological polar surface area (TPSA) is 46.3 Å². The fraction of sp³-hybridized carbons (Fsp3) is 0.360. The van der Waals surface area contributed by atoms with Gasteiger partial charge in [0.2, 0.25) is 5.91 Å². The number of hydrogen-bond acceptors (Lipinski definition) is 3. The highest BCUT2D eigenvalue weighted by Gasteiger charge is 2.23. The minimum absolute atomic E-state index is 0.235. The minimum atomic E-state index is 0.235. The third kappa shape index (κ3) is 4.94. The van der Waals surface area contributed by atoms with E-state index in [9.17, 15) is 4.79 Å². The van der Waals surface area contributed by atoms with Crippen LogP contribution in [0.4, 0.5) is 0 Å². The lowest BCUT2D eigenvalue weighted by Gasteiger charge is -2.32. The lowest BCUT2D eigenvalue weighted by Crippen LogP contribution is -2.39. The van der Waals surface area contributed by atoms with Gasteiger partial charge in [0.25, 0.3) is 0 Å². The van der Waals surface area contributed by atoms with Gasteiger partial charge in [0, 0.05) is 30.6 Å². The Hall–Kier alpha value is -2.88. The molecule has 1 saturated heterocycles. The Morgan fingerprint density at radius 1 is 1.07 bits per heavy atom. The monoisotopic (exact) mass is 388 g/mol.